The topological polar surface area (TPSA) is 58.6 Å². The summed E-state index contributed by atoms with van der Waals surface area (Å²) in [4.78, 5) is 12.2. The van der Waals surface area contributed by atoms with Crippen LogP contribution in [-0.2, 0) is 0 Å². The third-order valence-corrected chi connectivity index (χ3v) is 2.94. The molecule has 0 aliphatic rings. The molecule has 4 nitrogen and oxygen atoms in total. The molecule has 2 N–H and O–H groups in total. The monoisotopic (exact) mass is 285 g/mol. The summed E-state index contributed by atoms with van der Waals surface area (Å²) in [5, 5.41) is 12.4. The van der Waals surface area contributed by atoms with Crippen molar-refractivity contribution in [1.29, 1.82) is 0 Å². The lowest BCUT2D eigenvalue weighted by atomic mass is 10.1. The van der Waals surface area contributed by atoms with Gasteiger partial charge in [0.1, 0.15) is 11.5 Å². The van der Waals surface area contributed by atoms with Crippen LogP contribution in [0.2, 0.25) is 0 Å². The molecule has 0 radical (unpaired) electrons. The number of carbonyl (C=O) groups is 1. The average Bonchev–Trinajstić information content (AvgIpc) is 2.42. The minimum absolute atomic E-state index is 0.0531. The molecule has 0 atom stereocenters. The average molecular weight is 285 g/mol. The van der Waals surface area contributed by atoms with Gasteiger partial charge in [-0.05, 0) is 50.6 Å². The van der Waals surface area contributed by atoms with E-state index in [1.54, 1.807) is 37.3 Å². The van der Waals surface area contributed by atoms with Gasteiger partial charge in [0.2, 0.25) is 0 Å². The van der Waals surface area contributed by atoms with Gasteiger partial charge in [0.05, 0.1) is 6.10 Å². The lowest BCUT2D eigenvalue weighted by molar-refractivity contribution is 0.102. The minimum Gasteiger partial charge on any atom is -0.508 e. The number of aromatic hydroxyl groups is 1. The Kier molecular flexibility index (Phi) is 4.48. The number of carbonyl (C=O) groups excluding carboxylic acids is 1. The second-order valence-electron chi connectivity index (χ2n) is 5.15. The number of phenolic OH excluding ortho intramolecular Hbond substituents is 1. The third-order valence-electron chi connectivity index (χ3n) is 2.94. The Hall–Kier alpha value is -2.49. The molecular weight excluding hydrogens is 266 g/mol. The summed E-state index contributed by atoms with van der Waals surface area (Å²) >= 11 is 0. The summed E-state index contributed by atoms with van der Waals surface area (Å²) in [6.07, 6.45) is 0.0531. The van der Waals surface area contributed by atoms with Gasteiger partial charge in [-0.3, -0.25) is 4.79 Å². The molecule has 1 amide bonds. The van der Waals surface area contributed by atoms with Crippen LogP contribution in [0.5, 0.6) is 11.5 Å². The number of anilines is 1. The molecule has 0 fully saturated rings. The van der Waals surface area contributed by atoms with Crippen molar-refractivity contribution in [2.45, 2.75) is 26.9 Å². The van der Waals surface area contributed by atoms with Gasteiger partial charge in [-0.15, -0.1) is 0 Å². The highest BCUT2D eigenvalue weighted by atomic mass is 16.5. The van der Waals surface area contributed by atoms with E-state index in [0.29, 0.717) is 17.0 Å². The zero-order chi connectivity index (χ0) is 15.4. The van der Waals surface area contributed by atoms with Crippen LogP contribution in [0.15, 0.2) is 42.5 Å². The number of phenols is 1. The molecule has 0 unspecified atom stereocenters. The molecule has 0 saturated heterocycles. The Labute approximate surface area is 124 Å². The fraction of sp³-hybridized carbons (Fsp3) is 0.235. The van der Waals surface area contributed by atoms with E-state index < -0.39 is 0 Å². The van der Waals surface area contributed by atoms with Crippen LogP contribution < -0.4 is 10.1 Å². The van der Waals surface area contributed by atoms with Crippen LogP contribution >= 0.6 is 0 Å². The van der Waals surface area contributed by atoms with Crippen LogP contribution in [-0.4, -0.2) is 17.1 Å². The maximum absolute atomic E-state index is 12.2. The van der Waals surface area contributed by atoms with E-state index >= 15 is 0 Å². The first-order chi connectivity index (χ1) is 9.95. The lowest BCUT2D eigenvalue weighted by Crippen LogP contribution is -2.12. The van der Waals surface area contributed by atoms with E-state index in [4.69, 9.17) is 4.74 Å². The number of amides is 1. The third kappa shape index (κ3) is 3.99. The fourth-order valence-corrected chi connectivity index (χ4v) is 1.87. The Balaban J connectivity index is 2.14. The van der Waals surface area contributed by atoms with E-state index in [1.807, 2.05) is 19.9 Å². The molecule has 0 aromatic heterocycles. The van der Waals surface area contributed by atoms with E-state index in [9.17, 15) is 9.90 Å². The van der Waals surface area contributed by atoms with Crippen LogP contribution in [0, 0.1) is 6.92 Å². The number of benzene rings is 2. The van der Waals surface area contributed by atoms with Crippen LogP contribution in [0.3, 0.4) is 0 Å². The predicted octanol–water partition coefficient (Wildman–Crippen LogP) is 3.74. The molecule has 0 heterocycles. The second-order valence-corrected chi connectivity index (χ2v) is 5.15. The molecule has 110 valence electrons. The van der Waals surface area contributed by atoms with Crippen molar-refractivity contribution in [2.24, 2.45) is 0 Å². The number of nitrogens with one attached hydrogen (secondary N) is 1. The van der Waals surface area contributed by atoms with Gasteiger partial charge in [-0.1, -0.05) is 12.1 Å². The van der Waals surface area contributed by atoms with Crippen molar-refractivity contribution in [2.75, 3.05) is 5.32 Å². The quantitative estimate of drug-likeness (QED) is 0.899. The van der Waals surface area contributed by atoms with Gasteiger partial charge in [-0.2, -0.15) is 0 Å². The summed E-state index contributed by atoms with van der Waals surface area (Å²) in [5.41, 5.74) is 1.83. The van der Waals surface area contributed by atoms with Gasteiger partial charge in [0, 0.05) is 17.3 Å². The van der Waals surface area contributed by atoms with Gasteiger partial charge in [-0.25, -0.2) is 0 Å². The molecule has 21 heavy (non-hydrogen) atoms. The van der Waals surface area contributed by atoms with E-state index in [0.717, 1.165) is 5.56 Å². The van der Waals surface area contributed by atoms with Gasteiger partial charge in [0.15, 0.2) is 0 Å². The predicted molar refractivity (Wildman–Crippen MR) is 83.0 cm³/mol. The second kappa shape index (κ2) is 6.31. The van der Waals surface area contributed by atoms with E-state index in [-0.39, 0.29) is 17.8 Å². The zero-order valence-corrected chi connectivity index (χ0v) is 12.4. The smallest absolute Gasteiger partial charge is 0.255 e. The lowest BCUT2D eigenvalue weighted by Gasteiger charge is -2.11. The van der Waals surface area contributed by atoms with E-state index in [1.165, 1.54) is 6.07 Å². The molecule has 2 aromatic carbocycles. The number of aryl methyl sites for hydroxylation is 1. The Morgan fingerprint density at radius 2 is 1.95 bits per heavy atom. The van der Waals surface area contributed by atoms with Gasteiger partial charge >= 0.3 is 0 Å². The highest BCUT2D eigenvalue weighted by Gasteiger charge is 2.09. The van der Waals surface area contributed by atoms with Crippen molar-refractivity contribution < 1.29 is 14.6 Å². The Bertz CT molecular complexity index is 650. The summed E-state index contributed by atoms with van der Waals surface area (Å²) in [6.45, 7) is 5.66. The minimum atomic E-state index is -0.243. The van der Waals surface area contributed by atoms with Crippen molar-refractivity contribution >= 4 is 11.6 Å². The number of rotatable bonds is 4. The van der Waals surface area contributed by atoms with Crippen molar-refractivity contribution in [3.8, 4) is 11.5 Å². The Morgan fingerprint density at radius 1 is 1.19 bits per heavy atom. The number of hydrogen-bond acceptors (Lipinski definition) is 3. The Morgan fingerprint density at radius 3 is 2.62 bits per heavy atom. The maximum Gasteiger partial charge on any atom is 0.255 e. The summed E-state index contributed by atoms with van der Waals surface area (Å²) in [5.74, 6) is 0.571. The van der Waals surface area contributed by atoms with E-state index in [2.05, 4.69) is 5.32 Å². The maximum atomic E-state index is 12.2. The molecule has 0 aliphatic heterocycles. The summed E-state index contributed by atoms with van der Waals surface area (Å²) in [7, 11) is 0. The highest BCUT2D eigenvalue weighted by Crippen LogP contribution is 2.22. The molecular formula is C17H19NO3. The highest BCUT2D eigenvalue weighted by molar-refractivity contribution is 6.04. The van der Waals surface area contributed by atoms with Crippen molar-refractivity contribution in [1.82, 2.24) is 0 Å². The molecule has 0 aliphatic carbocycles. The molecule has 2 rings (SSSR count). The first-order valence-electron chi connectivity index (χ1n) is 6.83. The van der Waals surface area contributed by atoms with Crippen molar-refractivity contribution in [3.63, 3.8) is 0 Å². The first kappa shape index (κ1) is 14.9. The number of hydrogen-bond donors (Lipinski definition) is 2. The largest absolute Gasteiger partial charge is 0.508 e. The van der Waals surface area contributed by atoms with Crippen LogP contribution in [0.4, 0.5) is 5.69 Å². The van der Waals surface area contributed by atoms with Crippen molar-refractivity contribution in [3.05, 3.63) is 53.6 Å². The van der Waals surface area contributed by atoms with Crippen LogP contribution in [0.25, 0.3) is 0 Å². The summed E-state index contributed by atoms with van der Waals surface area (Å²) in [6, 6.07) is 12.0. The first-order valence-corrected chi connectivity index (χ1v) is 6.83. The number of ether oxygens (including phenoxy) is 1. The molecule has 0 bridgehead atoms. The fourth-order valence-electron chi connectivity index (χ4n) is 1.87. The molecule has 0 spiro atoms. The van der Waals surface area contributed by atoms with Gasteiger partial charge in [0.25, 0.3) is 5.91 Å². The zero-order valence-electron chi connectivity index (χ0n) is 12.4. The standard InChI is InChI=1S/C17H19NO3/c1-11(2)21-15-6-4-5-13(9-15)17(20)18-14-8-7-12(3)16(19)10-14/h4-11,19H,1-3H3,(H,18,20). The molecule has 0 saturated carbocycles. The molecule has 2 aromatic rings. The summed E-state index contributed by atoms with van der Waals surface area (Å²) < 4.78 is 5.57. The normalized spacial score (nSPS) is 10.5. The van der Waals surface area contributed by atoms with Crippen LogP contribution in [0.1, 0.15) is 29.8 Å². The SMILES string of the molecule is Cc1ccc(NC(=O)c2cccc(OC(C)C)c2)cc1O. The van der Waals surface area contributed by atoms with Gasteiger partial charge < -0.3 is 15.2 Å². The molecule has 4 heteroatoms.